The van der Waals surface area contributed by atoms with Crippen molar-refractivity contribution in [2.75, 3.05) is 18.0 Å². The molecule has 3 aromatic rings. The molecule has 0 N–H and O–H groups in total. The summed E-state index contributed by atoms with van der Waals surface area (Å²) in [6.45, 7) is 5.11. The van der Waals surface area contributed by atoms with E-state index in [1.54, 1.807) is 0 Å². The van der Waals surface area contributed by atoms with Gasteiger partial charge in [-0.3, -0.25) is 0 Å². The fourth-order valence-corrected chi connectivity index (χ4v) is 3.61. The monoisotopic (exact) mass is 351 g/mol. The minimum Gasteiger partial charge on any atom is -0.337 e. The smallest absolute Gasteiger partial charge is 0.266 e. The molecule has 0 amide bonds. The quantitative estimate of drug-likeness (QED) is 0.669. The van der Waals surface area contributed by atoms with Gasteiger partial charge in [0.25, 0.3) is 11.8 Å². The summed E-state index contributed by atoms with van der Waals surface area (Å²) in [6.07, 6.45) is 8.67. The number of hydrogen-bond donors (Lipinski definition) is 0. The molecule has 4 rings (SSSR count). The van der Waals surface area contributed by atoms with E-state index in [4.69, 9.17) is 4.52 Å². The second kappa shape index (κ2) is 7.72. The van der Waals surface area contributed by atoms with Crippen LogP contribution in [0, 0.1) is 0 Å². The van der Waals surface area contributed by atoms with E-state index in [0.717, 1.165) is 38.0 Å². The van der Waals surface area contributed by atoms with E-state index in [-0.39, 0.29) is 0 Å². The van der Waals surface area contributed by atoms with E-state index in [2.05, 4.69) is 37.7 Å². The lowest BCUT2D eigenvalue weighted by Crippen LogP contribution is -2.36. The highest BCUT2D eigenvalue weighted by atomic mass is 16.5. The second-order valence-corrected chi connectivity index (χ2v) is 6.88. The molecule has 1 fully saturated rings. The summed E-state index contributed by atoms with van der Waals surface area (Å²) < 4.78 is 7.79. The number of aryl methyl sites for hydroxylation is 1. The fourth-order valence-electron chi connectivity index (χ4n) is 3.61. The number of hydrogen-bond acceptors (Lipinski definition) is 5. The summed E-state index contributed by atoms with van der Waals surface area (Å²) in [7, 11) is 0. The Morgan fingerprint density at radius 3 is 2.96 bits per heavy atom. The van der Waals surface area contributed by atoms with E-state index < -0.39 is 0 Å². The van der Waals surface area contributed by atoms with Gasteiger partial charge in [0.15, 0.2) is 0 Å². The van der Waals surface area contributed by atoms with Crippen molar-refractivity contribution in [3.8, 4) is 11.5 Å². The summed E-state index contributed by atoms with van der Waals surface area (Å²) in [4.78, 5) is 11.5. The fraction of sp³-hybridized carbons (Fsp3) is 0.450. The van der Waals surface area contributed by atoms with Crippen molar-refractivity contribution in [3.63, 3.8) is 0 Å². The van der Waals surface area contributed by atoms with Gasteiger partial charge >= 0.3 is 0 Å². The standard InChI is InChI=1S/C20H25N5O/c1-2-3-12-24-14-11-21-18(24)17-10-7-13-25(15-17)20-22-19(26-23-20)16-8-5-4-6-9-16/h4-6,8-9,11,14,17H,2-3,7,10,12-13,15H2,1H3/t17-/m0/s1. The lowest BCUT2D eigenvalue weighted by atomic mass is 9.97. The topological polar surface area (TPSA) is 60.0 Å². The van der Waals surface area contributed by atoms with Gasteiger partial charge in [-0.15, -0.1) is 0 Å². The highest BCUT2D eigenvalue weighted by molar-refractivity contribution is 5.54. The maximum atomic E-state index is 5.48. The second-order valence-electron chi connectivity index (χ2n) is 6.88. The third-order valence-electron chi connectivity index (χ3n) is 5.01. The Kier molecular flexibility index (Phi) is 5.00. The van der Waals surface area contributed by atoms with Crippen LogP contribution in [0.5, 0.6) is 0 Å². The Labute approximate surface area is 153 Å². The van der Waals surface area contributed by atoms with Gasteiger partial charge in [-0.2, -0.15) is 4.98 Å². The number of rotatable bonds is 6. The normalized spacial score (nSPS) is 17.6. The molecule has 1 aliphatic rings. The molecular formula is C20H25N5O. The van der Waals surface area contributed by atoms with Gasteiger partial charge in [-0.1, -0.05) is 31.5 Å². The summed E-state index contributed by atoms with van der Waals surface area (Å²) in [5, 5.41) is 4.22. The predicted octanol–water partition coefficient (Wildman–Crippen LogP) is 4.12. The maximum absolute atomic E-state index is 5.48. The van der Waals surface area contributed by atoms with Crippen molar-refractivity contribution in [1.29, 1.82) is 0 Å². The van der Waals surface area contributed by atoms with Crippen LogP contribution >= 0.6 is 0 Å². The first-order valence-corrected chi connectivity index (χ1v) is 9.50. The van der Waals surface area contributed by atoms with E-state index in [1.807, 2.05) is 36.5 Å². The third kappa shape index (κ3) is 3.49. The Hall–Kier alpha value is -2.63. The van der Waals surface area contributed by atoms with Crippen molar-refractivity contribution in [2.45, 2.75) is 45.1 Å². The molecular weight excluding hydrogens is 326 g/mol. The Morgan fingerprint density at radius 1 is 1.23 bits per heavy atom. The van der Waals surface area contributed by atoms with Crippen LogP contribution in [0.25, 0.3) is 11.5 Å². The van der Waals surface area contributed by atoms with Crippen molar-refractivity contribution in [1.82, 2.24) is 19.7 Å². The lowest BCUT2D eigenvalue weighted by Gasteiger charge is -2.31. The molecule has 136 valence electrons. The van der Waals surface area contributed by atoms with Crippen LogP contribution in [0.4, 0.5) is 5.95 Å². The molecule has 0 spiro atoms. The van der Waals surface area contributed by atoms with Crippen LogP contribution in [-0.4, -0.2) is 32.8 Å². The summed E-state index contributed by atoms with van der Waals surface area (Å²) in [5.41, 5.74) is 0.954. The minimum absolute atomic E-state index is 0.411. The average molecular weight is 351 g/mol. The van der Waals surface area contributed by atoms with Crippen molar-refractivity contribution in [2.24, 2.45) is 0 Å². The first-order valence-electron chi connectivity index (χ1n) is 9.50. The van der Waals surface area contributed by atoms with Crippen LogP contribution in [0.2, 0.25) is 0 Å². The molecule has 6 heteroatoms. The van der Waals surface area contributed by atoms with Gasteiger partial charge < -0.3 is 14.0 Å². The Morgan fingerprint density at radius 2 is 2.12 bits per heavy atom. The van der Waals surface area contributed by atoms with Gasteiger partial charge in [0.05, 0.1) is 0 Å². The van der Waals surface area contributed by atoms with Gasteiger partial charge in [0.2, 0.25) is 0 Å². The van der Waals surface area contributed by atoms with E-state index >= 15 is 0 Å². The van der Waals surface area contributed by atoms with Gasteiger partial charge in [0.1, 0.15) is 5.82 Å². The SMILES string of the molecule is CCCCn1ccnc1[C@H]1CCCN(c2noc(-c3ccccc3)n2)C1. The van der Waals surface area contributed by atoms with Gasteiger partial charge in [-0.25, -0.2) is 4.98 Å². The van der Waals surface area contributed by atoms with Gasteiger partial charge in [-0.05, 0) is 36.6 Å². The number of unbranched alkanes of at least 4 members (excludes halogenated alkanes) is 1. The van der Waals surface area contributed by atoms with Crippen LogP contribution in [0.1, 0.15) is 44.3 Å². The predicted molar refractivity (Wildman–Crippen MR) is 101 cm³/mol. The first kappa shape index (κ1) is 16.8. The summed E-state index contributed by atoms with van der Waals surface area (Å²) in [6, 6.07) is 9.91. The number of anilines is 1. The minimum atomic E-state index is 0.411. The van der Waals surface area contributed by atoms with Crippen LogP contribution in [0.15, 0.2) is 47.2 Å². The largest absolute Gasteiger partial charge is 0.337 e. The number of benzene rings is 1. The average Bonchev–Trinajstić information content (AvgIpc) is 3.37. The molecule has 0 saturated carbocycles. The molecule has 26 heavy (non-hydrogen) atoms. The highest BCUT2D eigenvalue weighted by Gasteiger charge is 2.27. The van der Waals surface area contributed by atoms with Crippen LogP contribution in [-0.2, 0) is 6.54 Å². The zero-order valence-corrected chi connectivity index (χ0v) is 15.2. The zero-order valence-electron chi connectivity index (χ0n) is 15.2. The highest BCUT2D eigenvalue weighted by Crippen LogP contribution is 2.29. The lowest BCUT2D eigenvalue weighted by molar-refractivity contribution is 0.419. The Balaban J connectivity index is 1.49. The van der Waals surface area contributed by atoms with Crippen LogP contribution in [0.3, 0.4) is 0 Å². The van der Waals surface area contributed by atoms with Crippen molar-refractivity contribution >= 4 is 5.95 Å². The van der Waals surface area contributed by atoms with Crippen molar-refractivity contribution in [3.05, 3.63) is 48.5 Å². The van der Waals surface area contributed by atoms with E-state index in [1.165, 1.54) is 18.7 Å². The Bertz CT molecular complexity index is 826. The maximum Gasteiger partial charge on any atom is 0.266 e. The number of nitrogens with zero attached hydrogens (tertiary/aromatic N) is 5. The van der Waals surface area contributed by atoms with Crippen molar-refractivity contribution < 1.29 is 4.52 Å². The summed E-state index contributed by atoms with van der Waals surface area (Å²) in [5.74, 6) is 2.86. The zero-order chi connectivity index (χ0) is 17.8. The third-order valence-corrected chi connectivity index (χ3v) is 5.01. The number of aromatic nitrogens is 4. The van der Waals surface area contributed by atoms with Gasteiger partial charge in [0, 0.05) is 43.5 Å². The summed E-state index contributed by atoms with van der Waals surface area (Å²) >= 11 is 0. The molecule has 0 unspecified atom stereocenters. The molecule has 1 aromatic carbocycles. The molecule has 6 nitrogen and oxygen atoms in total. The molecule has 2 aromatic heterocycles. The molecule has 1 atom stereocenters. The number of imidazole rings is 1. The molecule has 0 radical (unpaired) electrons. The molecule has 0 aliphatic carbocycles. The van der Waals surface area contributed by atoms with Crippen LogP contribution < -0.4 is 4.90 Å². The van der Waals surface area contributed by atoms with E-state index in [0.29, 0.717) is 17.8 Å². The molecule has 1 saturated heterocycles. The molecule has 3 heterocycles. The van der Waals surface area contributed by atoms with E-state index in [9.17, 15) is 0 Å². The number of piperidine rings is 1. The molecule has 1 aliphatic heterocycles. The molecule has 0 bridgehead atoms. The first-order chi connectivity index (χ1) is 12.8.